The summed E-state index contributed by atoms with van der Waals surface area (Å²) in [5.41, 5.74) is 0.857. The summed E-state index contributed by atoms with van der Waals surface area (Å²) in [7, 11) is 0. The van der Waals surface area contributed by atoms with Crippen LogP contribution in [0.1, 0.15) is 35.6 Å². The first-order chi connectivity index (χ1) is 9.97. The summed E-state index contributed by atoms with van der Waals surface area (Å²) in [4.78, 5) is 0. The lowest BCUT2D eigenvalue weighted by atomic mass is 10.0. The Balaban J connectivity index is 1.89. The van der Waals surface area contributed by atoms with Gasteiger partial charge in [-0.05, 0) is 36.5 Å². The van der Waals surface area contributed by atoms with Gasteiger partial charge in [0.05, 0.1) is 11.7 Å². The van der Waals surface area contributed by atoms with E-state index < -0.39 is 17.8 Å². The number of benzene rings is 2. The average Bonchev–Trinajstić information content (AvgIpc) is 2.47. The van der Waals surface area contributed by atoms with E-state index in [0.29, 0.717) is 24.8 Å². The van der Waals surface area contributed by atoms with Gasteiger partial charge in [-0.15, -0.1) is 0 Å². The van der Waals surface area contributed by atoms with Crippen LogP contribution < -0.4 is 0 Å². The molecule has 112 valence electrons. The van der Waals surface area contributed by atoms with E-state index in [2.05, 4.69) is 0 Å². The summed E-state index contributed by atoms with van der Waals surface area (Å²) in [5, 5.41) is 10.0. The second-order valence-corrected chi connectivity index (χ2v) is 5.02. The second-order valence-electron chi connectivity index (χ2n) is 5.02. The van der Waals surface area contributed by atoms with Crippen molar-refractivity contribution in [2.24, 2.45) is 0 Å². The fourth-order valence-electron chi connectivity index (χ4n) is 2.24. The van der Waals surface area contributed by atoms with Crippen LogP contribution in [-0.4, -0.2) is 5.11 Å². The summed E-state index contributed by atoms with van der Waals surface area (Å²) in [6.07, 6.45) is -3.19. The first kappa shape index (κ1) is 15.6. The maximum Gasteiger partial charge on any atom is 0.416 e. The largest absolute Gasteiger partial charge is 0.416 e. The number of aryl methyl sites for hydroxylation is 1. The van der Waals surface area contributed by atoms with Crippen molar-refractivity contribution in [1.82, 2.24) is 0 Å². The summed E-state index contributed by atoms with van der Waals surface area (Å²) in [5.74, 6) is 0. The lowest BCUT2D eigenvalue weighted by Crippen LogP contribution is -2.05. The Morgan fingerprint density at radius 1 is 0.952 bits per heavy atom. The Hall–Kier alpha value is -1.81. The lowest BCUT2D eigenvalue weighted by Gasteiger charge is -2.11. The van der Waals surface area contributed by atoms with Crippen LogP contribution in [-0.2, 0) is 12.6 Å². The van der Waals surface area contributed by atoms with Crippen LogP contribution in [0.15, 0.2) is 54.6 Å². The van der Waals surface area contributed by atoms with Gasteiger partial charge in [-0.2, -0.15) is 13.2 Å². The molecule has 0 bridgehead atoms. The molecule has 0 saturated carbocycles. The number of hydrogen-bond donors (Lipinski definition) is 1. The second kappa shape index (κ2) is 6.76. The Kier molecular flexibility index (Phi) is 5.02. The molecule has 2 aromatic carbocycles. The van der Waals surface area contributed by atoms with Gasteiger partial charge in [0, 0.05) is 0 Å². The molecule has 1 nitrogen and oxygen atoms in total. The minimum atomic E-state index is -4.31. The normalized spacial score (nSPS) is 13.1. The monoisotopic (exact) mass is 294 g/mol. The average molecular weight is 294 g/mol. The molecule has 21 heavy (non-hydrogen) atoms. The fourth-order valence-corrected chi connectivity index (χ4v) is 2.24. The zero-order valence-corrected chi connectivity index (χ0v) is 11.5. The third kappa shape index (κ3) is 4.60. The highest BCUT2D eigenvalue weighted by Crippen LogP contribution is 2.30. The first-order valence-corrected chi connectivity index (χ1v) is 6.86. The fraction of sp³-hybridized carbons (Fsp3) is 0.294. The van der Waals surface area contributed by atoms with Crippen LogP contribution in [0.4, 0.5) is 13.2 Å². The molecular weight excluding hydrogens is 277 g/mol. The summed E-state index contributed by atoms with van der Waals surface area (Å²) >= 11 is 0. The molecule has 0 saturated heterocycles. The van der Waals surface area contributed by atoms with Crippen LogP contribution in [0.25, 0.3) is 0 Å². The molecule has 0 spiro atoms. The molecule has 0 amide bonds. The molecule has 0 heterocycles. The quantitative estimate of drug-likeness (QED) is 0.842. The molecule has 1 atom stereocenters. The van der Waals surface area contributed by atoms with Gasteiger partial charge in [0.1, 0.15) is 0 Å². The first-order valence-electron chi connectivity index (χ1n) is 6.86. The topological polar surface area (TPSA) is 20.2 Å². The molecule has 4 heteroatoms. The molecular formula is C17H17F3O. The van der Waals surface area contributed by atoms with Crippen molar-refractivity contribution >= 4 is 0 Å². The molecule has 2 aromatic rings. The highest BCUT2D eigenvalue weighted by molar-refractivity contribution is 5.25. The zero-order chi connectivity index (χ0) is 15.3. The zero-order valence-electron chi connectivity index (χ0n) is 11.5. The highest BCUT2D eigenvalue weighted by atomic mass is 19.4. The van der Waals surface area contributed by atoms with Crippen molar-refractivity contribution < 1.29 is 18.3 Å². The van der Waals surface area contributed by atoms with E-state index in [4.69, 9.17) is 0 Å². The minimum absolute atomic E-state index is 0.522. The van der Waals surface area contributed by atoms with Crippen LogP contribution in [0.3, 0.4) is 0 Å². The Labute approximate surface area is 122 Å². The third-order valence-corrected chi connectivity index (χ3v) is 3.38. The summed E-state index contributed by atoms with van der Waals surface area (Å²) in [6, 6.07) is 14.6. The van der Waals surface area contributed by atoms with E-state index in [0.717, 1.165) is 11.6 Å². The van der Waals surface area contributed by atoms with Gasteiger partial charge >= 0.3 is 6.18 Å². The van der Waals surface area contributed by atoms with Gasteiger partial charge in [-0.3, -0.25) is 0 Å². The standard InChI is InChI=1S/C17H17F3O/c18-17(19,20)15-10-4-6-13(12-15)7-5-11-16(21)14-8-2-1-3-9-14/h1-4,6,8-10,12,16,21H,5,7,11H2. The van der Waals surface area contributed by atoms with E-state index in [1.165, 1.54) is 12.1 Å². The van der Waals surface area contributed by atoms with Crippen LogP contribution in [0.2, 0.25) is 0 Å². The van der Waals surface area contributed by atoms with Gasteiger partial charge < -0.3 is 5.11 Å². The molecule has 1 N–H and O–H groups in total. The Morgan fingerprint density at radius 2 is 1.67 bits per heavy atom. The third-order valence-electron chi connectivity index (χ3n) is 3.38. The van der Waals surface area contributed by atoms with Gasteiger partial charge in [-0.25, -0.2) is 0 Å². The van der Waals surface area contributed by atoms with Crippen molar-refractivity contribution in [3.8, 4) is 0 Å². The van der Waals surface area contributed by atoms with Crippen molar-refractivity contribution in [1.29, 1.82) is 0 Å². The lowest BCUT2D eigenvalue weighted by molar-refractivity contribution is -0.137. The Bertz CT molecular complexity index is 564. The molecule has 1 unspecified atom stereocenters. The van der Waals surface area contributed by atoms with Gasteiger partial charge in [0.15, 0.2) is 0 Å². The Morgan fingerprint density at radius 3 is 2.33 bits per heavy atom. The van der Waals surface area contributed by atoms with Crippen molar-refractivity contribution in [2.75, 3.05) is 0 Å². The smallest absolute Gasteiger partial charge is 0.388 e. The number of halogens is 3. The molecule has 0 radical (unpaired) electrons. The van der Waals surface area contributed by atoms with Gasteiger partial charge in [-0.1, -0.05) is 48.5 Å². The molecule has 0 aliphatic rings. The molecule has 0 aromatic heterocycles. The number of aliphatic hydroxyl groups is 1. The van der Waals surface area contributed by atoms with Gasteiger partial charge in [0.25, 0.3) is 0 Å². The summed E-state index contributed by atoms with van der Waals surface area (Å²) < 4.78 is 37.8. The minimum Gasteiger partial charge on any atom is -0.388 e. The number of hydrogen-bond acceptors (Lipinski definition) is 1. The highest BCUT2D eigenvalue weighted by Gasteiger charge is 2.30. The van der Waals surface area contributed by atoms with Crippen LogP contribution in [0, 0.1) is 0 Å². The van der Waals surface area contributed by atoms with E-state index in [9.17, 15) is 18.3 Å². The number of aliphatic hydroxyl groups excluding tert-OH is 1. The van der Waals surface area contributed by atoms with E-state index in [1.807, 2.05) is 30.3 Å². The van der Waals surface area contributed by atoms with E-state index in [1.54, 1.807) is 6.07 Å². The van der Waals surface area contributed by atoms with E-state index >= 15 is 0 Å². The van der Waals surface area contributed by atoms with Crippen molar-refractivity contribution in [3.05, 3.63) is 71.3 Å². The van der Waals surface area contributed by atoms with Crippen LogP contribution in [0.5, 0.6) is 0 Å². The van der Waals surface area contributed by atoms with Gasteiger partial charge in [0.2, 0.25) is 0 Å². The molecule has 0 aliphatic heterocycles. The summed E-state index contributed by atoms with van der Waals surface area (Å²) in [6.45, 7) is 0. The maximum atomic E-state index is 12.6. The molecule has 2 rings (SSSR count). The number of alkyl halides is 3. The molecule has 0 aliphatic carbocycles. The number of rotatable bonds is 5. The SMILES string of the molecule is OC(CCCc1cccc(C(F)(F)F)c1)c1ccccc1. The molecule has 0 fully saturated rings. The van der Waals surface area contributed by atoms with Crippen molar-refractivity contribution in [2.45, 2.75) is 31.5 Å². The van der Waals surface area contributed by atoms with E-state index in [-0.39, 0.29) is 0 Å². The van der Waals surface area contributed by atoms with Crippen LogP contribution >= 0.6 is 0 Å². The maximum absolute atomic E-state index is 12.6. The predicted octanol–water partition coefficient (Wildman–Crippen LogP) is 4.76. The van der Waals surface area contributed by atoms with Crippen molar-refractivity contribution in [3.63, 3.8) is 0 Å². The predicted molar refractivity (Wildman–Crippen MR) is 75.8 cm³/mol.